The van der Waals surface area contributed by atoms with E-state index < -0.39 is 0 Å². The second-order valence-corrected chi connectivity index (χ2v) is 3.30. The molecule has 2 heterocycles. The third-order valence-electron chi connectivity index (χ3n) is 1.54. The molecule has 56 valence electrons. The van der Waals surface area contributed by atoms with Crippen molar-refractivity contribution in [3.05, 3.63) is 11.8 Å². The lowest BCUT2D eigenvalue weighted by Crippen LogP contribution is -2.15. The van der Waals surface area contributed by atoms with Gasteiger partial charge in [-0.15, -0.1) is 24.2 Å². The highest BCUT2D eigenvalue weighted by Gasteiger charge is 2.21. The Labute approximate surface area is 70.6 Å². The Bertz CT molecular complexity index is 179. The van der Waals surface area contributed by atoms with E-state index in [0.717, 1.165) is 12.4 Å². The second kappa shape index (κ2) is 3.30. The third-order valence-corrected chi connectivity index (χ3v) is 2.65. The van der Waals surface area contributed by atoms with Crippen LogP contribution in [0, 0.1) is 0 Å². The van der Waals surface area contributed by atoms with Gasteiger partial charge in [0.1, 0.15) is 0 Å². The average Bonchev–Trinajstić information content (AvgIpc) is 2.33. The number of nitrogens with zero attached hydrogens (tertiary/aromatic N) is 1. The van der Waals surface area contributed by atoms with E-state index >= 15 is 0 Å². The normalized spacial score (nSPS) is 28.0. The largest absolute Gasteiger partial charge is 0.378 e. The van der Waals surface area contributed by atoms with Gasteiger partial charge in [0.05, 0.1) is 17.7 Å². The zero-order valence-corrected chi connectivity index (χ0v) is 7.04. The first-order valence-corrected chi connectivity index (χ1v) is 4.07. The van der Waals surface area contributed by atoms with Crippen molar-refractivity contribution in [1.29, 1.82) is 0 Å². The Balaban J connectivity index is 0.000000500. The molecule has 2 aliphatic rings. The molecule has 0 aliphatic carbocycles. The first-order valence-electron chi connectivity index (χ1n) is 3.02. The van der Waals surface area contributed by atoms with Gasteiger partial charge in [-0.05, 0) is 6.08 Å². The highest BCUT2D eigenvalue weighted by atomic mass is 35.5. The summed E-state index contributed by atoms with van der Waals surface area (Å²) in [5.74, 6) is 1.06. The number of halogens is 1. The fraction of sp³-hybridized carbons (Fsp3) is 0.500. The highest BCUT2D eigenvalue weighted by molar-refractivity contribution is 8.00. The molecule has 0 bridgehead atoms. The zero-order chi connectivity index (χ0) is 6.10. The van der Waals surface area contributed by atoms with Gasteiger partial charge in [0.2, 0.25) is 0 Å². The molecule has 2 rings (SSSR count). The van der Waals surface area contributed by atoms with Gasteiger partial charge in [-0.1, -0.05) is 0 Å². The molecule has 0 aromatic carbocycles. The minimum Gasteiger partial charge on any atom is -0.378 e. The summed E-state index contributed by atoms with van der Waals surface area (Å²) in [6.07, 6.45) is 3.94. The van der Waals surface area contributed by atoms with Gasteiger partial charge in [0, 0.05) is 11.9 Å². The number of fused-ring (bicyclic) bond motifs is 1. The molecule has 1 N–H and O–H groups in total. The molecule has 0 spiro atoms. The van der Waals surface area contributed by atoms with E-state index in [9.17, 15) is 0 Å². The number of dihydropyridines is 1. The van der Waals surface area contributed by atoms with Crippen LogP contribution in [-0.2, 0) is 0 Å². The number of hydrogen-bond donors (Lipinski definition) is 1. The molecule has 4 heteroatoms. The van der Waals surface area contributed by atoms with Crippen molar-refractivity contribution in [3.63, 3.8) is 0 Å². The van der Waals surface area contributed by atoms with E-state index in [-0.39, 0.29) is 12.4 Å². The fourth-order valence-electron chi connectivity index (χ4n) is 1.04. The van der Waals surface area contributed by atoms with Gasteiger partial charge in [-0.25, -0.2) is 0 Å². The van der Waals surface area contributed by atoms with Crippen LogP contribution in [0.3, 0.4) is 0 Å². The molecule has 1 fully saturated rings. The Kier molecular flexibility index (Phi) is 2.63. The fourth-order valence-corrected chi connectivity index (χ4v) is 2.02. The number of allylic oxidation sites excluding steroid dienone is 1. The molecule has 1 unspecified atom stereocenters. The Hall–Kier alpha value is -0.150. The van der Waals surface area contributed by atoms with E-state index in [0.29, 0.717) is 5.25 Å². The number of aliphatic imine (C=N–C) groups is 1. The second-order valence-electron chi connectivity index (χ2n) is 2.11. The maximum atomic E-state index is 4.16. The summed E-state index contributed by atoms with van der Waals surface area (Å²) in [7, 11) is 0. The van der Waals surface area contributed by atoms with Crippen LogP contribution in [0.5, 0.6) is 0 Å². The highest BCUT2D eigenvalue weighted by Crippen LogP contribution is 2.24. The number of rotatable bonds is 0. The predicted octanol–water partition coefficient (Wildman–Crippen LogP) is 1.04. The average molecular weight is 177 g/mol. The molecular formula is C6H9ClN2S. The minimum absolute atomic E-state index is 0. The van der Waals surface area contributed by atoms with Crippen molar-refractivity contribution in [2.24, 2.45) is 4.99 Å². The molecule has 2 aliphatic heterocycles. The van der Waals surface area contributed by atoms with E-state index in [1.807, 2.05) is 18.0 Å². The lowest BCUT2D eigenvalue weighted by atomic mass is 10.2. The summed E-state index contributed by atoms with van der Waals surface area (Å²) >= 11 is 1.93. The molecular weight excluding hydrogens is 168 g/mol. The van der Waals surface area contributed by atoms with Crippen LogP contribution in [0.1, 0.15) is 0 Å². The predicted molar refractivity (Wildman–Crippen MR) is 48.1 cm³/mol. The van der Waals surface area contributed by atoms with E-state index in [1.54, 1.807) is 0 Å². The lowest BCUT2D eigenvalue weighted by molar-refractivity contribution is 0.883. The van der Waals surface area contributed by atoms with Gasteiger partial charge < -0.3 is 5.32 Å². The monoisotopic (exact) mass is 176 g/mol. The van der Waals surface area contributed by atoms with Gasteiger partial charge in [-0.3, -0.25) is 4.99 Å². The van der Waals surface area contributed by atoms with E-state index in [4.69, 9.17) is 0 Å². The van der Waals surface area contributed by atoms with Crippen LogP contribution >= 0.6 is 24.2 Å². The smallest absolute Gasteiger partial charge is 0.0658 e. The van der Waals surface area contributed by atoms with Crippen molar-refractivity contribution >= 4 is 30.4 Å². The molecule has 10 heavy (non-hydrogen) atoms. The summed E-state index contributed by atoms with van der Waals surface area (Å²) in [5.41, 5.74) is 1.36. The molecule has 0 aromatic heterocycles. The summed E-state index contributed by atoms with van der Waals surface area (Å²) in [4.78, 5) is 4.16. The topological polar surface area (TPSA) is 24.4 Å². The van der Waals surface area contributed by atoms with Crippen LogP contribution in [0.4, 0.5) is 0 Å². The molecule has 0 radical (unpaired) electrons. The standard InChI is InChI=1S/C6H8N2S.ClH/c1-2-7-3-6-5(1)8-4-9-6;/h1-2,6,8H,3-4H2;1H. The maximum absolute atomic E-state index is 4.16. The lowest BCUT2D eigenvalue weighted by Gasteiger charge is -2.08. The quantitative estimate of drug-likeness (QED) is 0.597. The van der Waals surface area contributed by atoms with Crippen molar-refractivity contribution in [2.75, 3.05) is 12.4 Å². The van der Waals surface area contributed by atoms with E-state index in [1.165, 1.54) is 5.70 Å². The van der Waals surface area contributed by atoms with E-state index in [2.05, 4.69) is 16.4 Å². The van der Waals surface area contributed by atoms with Crippen LogP contribution in [0.25, 0.3) is 0 Å². The third kappa shape index (κ3) is 1.30. The molecule has 0 saturated carbocycles. The molecule has 1 atom stereocenters. The molecule has 1 saturated heterocycles. The van der Waals surface area contributed by atoms with Crippen LogP contribution < -0.4 is 5.32 Å². The Morgan fingerprint density at radius 2 is 2.60 bits per heavy atom. The Morgan fingerprint density at radius 1 is 1.70 bits per heavy atom. The van der Waals surface area contributed by atoms with Crippen molar-refractivity contribution in [1.82, 2.24) is 5.32 Å². The summed E-state index contributed by atoms with van der Waals surface area (Å²) in [6.45, 7) is 0.962. The number of nitrogens with one attached hydrogen (secondary N) is 1. The molecule has 0 aromatic rings. The summed E-state index contributed by atoms with van der Waals surface area (Å²) in [5, 5.41) is 3.93. The number of thioether (sulfide) groups is 1. The van der Waals surface area contributed by atoms with Crippen LogP contribution in [0.2, 0.25) is 0 Å². The first kappa shape index (κ1) is 7.95. The zero-order valence-electron chi connectivity index (χ0n) is 5.41. The molecule has 0 amide bonds. The maximum Gasteiger partial charge on any atom is 0.0658 e. The SMILES string of the molecule is C1=NCC2SCNC2=C1.Cl. The van der Waals surface area contributed by atoms with Gasteiger partial charge in [-0.2, -0.15) is 0 Å². The van der Waals surface area contributed by atoms with Crippen molar-refractivity contribution in [2.45, 2.75) is 5.25 Å². The Morgan fingerprint density at radius 3 is 3.40 bits per heavy atom. The first-order chi connectivity index (χ1) is 4.47. The van der Waals surface area contributed by atoms with Gasteiger partial charge >= 0.3 is 0 Å². The minimum atomic E-state index is 0. The number of hydrogen-bond acceptors (Lipinski definition) is 3. The van der Waals surface area contributed by atoms with Gasteiger partial charge in [0.15, 0.2) is 0 Å². The van der Waals surface area contributed by atoms with Crippen molar-refractivity contribution < 1.29 is 0 Å². The van der Waals surface area contributed by atoms with Crippen LogP contribution in [0.15, 0.2) is 16.8 Å². The summed E-state index contributed by atoms with van der Waals surface area (Å²) in [6, 6.07) is 0. The molecule has 2 nitrogen and oxygen atoms in total. The van der Waals surface area contributed by atoms with Gasteiger partial charge in [0.25, 0.3) is 0 Å². The van der Waals surface area contributed by atoms with Crippen molar-refractivity contribution in [3.8, 4) is 0 Å². The van der Waals surface area contributed by atoms with Crippen LogP contribution in [-0.4, -0.2) is 23.9 Å². The summed E-state index contributed by atoms with van der Waals surface area (Å²) < 4.78 is 0.